The van der Waals surface area contributed by atoms with Gasteiger partial charge in [-0.1, -0.05) is 30.3 Å². The highest BCUT2D eigenvalue weighted by atomic mass is 32.1. The van der Waals surface area contributed by atoms with E-state index in [0.29, 0.717) is 13.0 Å². The third kappa shape index (κ3) is 4.29. The highest BCUT2D eigenvalue weighted by Gasteiger charge is 2.22. The van der Waals surface area contributed by atoms with Crippen molar-refractivity contribution in [3.63, 3.8) is 0 Å². The maximum absolute atomic E-state index is 12.1. The molecule has 3 rings (SSSR count). The topological polar surface area (TPSA) is 77.2 Å². The first-order valence-corrected chi connectivity index (χ1v) is 9.27. The number of carbonyl (C=O) groups excluding carboxylic acids is 1. The summed E-state index contributed by atoms with van der Waals surface area (Å²) in [4.78, 5) is 17.6. The zero-order valence-electron chi connectivity index (χ0n) is 14.8. The molecule has 0 spiro atoms. The summed E-state index contributed by atoms with van der Waals surface area (Å²) >= 11 is 1.57. The molecule has 0 aliphatic heterocycles. The first kappa shape index (κ1) is 18.1. The van der Waals surface area contributed by atoms with Crippen molar-refractivity contribution in [3.8, 4) is 16.5 Å². The van der Waals surface area contributed by atoms with E-state index in [9.17, 15) is 9.90 Å². The third-order valence-electron chi connectivity index (χ3n) is 4.03. The lowest BCUT2D eigenvalue weighted by molar-refractivity contribution is -0.143. The van der Waals surface area contributed by atoms with Crippen molar-refractivity contribution in [1.29, 1.82) is 0 Å². The molecular weight excluding hydrogens is 350 g/mol. The van der Waals surface area contributed by atoms with E-state index in [1.54, 1.807) is 31.4 Å². The number of hydrogen-bond donors (Lipinski definition) is 1. The number of aryl methyl sites for hydroxylation is 1. The lowest BCUT2D eigenvalue weighted by Crippen LogP contribution is -2.12. The second-order valence-corrected chi connectivity index (χ2v) is 7.02. The molecule has 7 heteroatoms. The van der Waals surface area contributed by atoms with Crippen molar-refractivity contribution in [2.45, 2.75) is 25.7 Å². The summed E-state index contributed by atoms with van der Waals surface area (Å²) in [6.45, 7) is 2.15. The van der Waals surface area contributed by atoms with Gasteiger partial charge in [0, 0.05) is 35.7 Å². The number of esters is 1. The Hall–Kier alpha value is -2.67. The fourth-order valence-corrected chi connectivity index (χ4v) is 3.77. The van der Waals surface area contributed by atoms with Gasteiger partial charge in [0.2, 0.25) is 5.88 Å². The fourth-order valence-electron chi connectivity index (χ4n) is 2.75. The van der Waals surface area contributed by atoms with E-state index in [0.717, 1.165) is 21.1 Å². The van der Waals surface area contributed by atoms with Crippen molar-refractivity contribution in [3.05, 3.63) is 53.2 Å². The number of aromatic hydroxyl groups is 1. The van der Waals surface area contributed by atoms with Crippen LogP contribution in [0.15, 0.2) is 42.6 Å². The summed E-state index contributed by atoms with van der Waals surface area (Å²) in [5, 5.41) is 14.9. The number of aromatic nitrogens is 3. The molecule has 0 aliphatic carbocycles. The van der Waals surface area contributed by atoms with Gasteiger partial charge in [0.15, 0.2) is 0 Å². The van der Waals surface area contributed by atoms with E-state index in [2.05, 4.69) is 10.1 Å². The van der Waals surface area contributed by atoms with Crippen LogP contribution in [0.2, 0.25) is 0 Å². The van der Waals surface area contributed by atoms with Crippen LogP contribution in [-0.2, 0) is 23.0 Å². The molecule has 3 aromatic rings. The van der Waals surface area contributed by atoms with Gasteiger partial charge in [-0.05, 0) is 13.3 Å². The largest absolute Gasteiger partial charge is 0.493 e. The number of rotatable bonds is 7. The van der Waals surface area contributed by atoms with Crippen LogP contribution in [0, 0.1) is 0 Å². The Morgan fingerprint density at radius 2 is 2.12 bits per heavy atom. The van der Waals surface area contributed by atoms with E-state index >= 15 is 0 Å². The molecule has 26 heavy (non-hydrogen) atoms. The van der Waals surface area contributed by atoms with Gasteiger partial charge >= 0.3 is 5.97 Å². The van der Waals surface area contributed by atoms with E-state index < -0.39 is 0 Å². The summed E-state index contributed by atoms with van der Waals surface area (Å²) in [5.41, 5.74) is 1.78. The van der Waals surface area contributed by atoms with Crippen molar-refractivity contribution in [2.75, 3.05) is 6.61 Å². The molecule has 1 atom stereocenters. The Morgan fingerprint density at radius 3 is 2.77 bits per heavy atom. The zero-order chi connectivity index (χ0) is 18.5. The summed E-state index contributed by atoms with van der Waals surface area (Å²) in [7, 11) is 1.68. The number of carbonyl (C=O) groups is 1. The number of hydrogen-bond acceptors (Lipinski definition) is 6. The van der Waals surface area contributed by atoms with Gasteiger partial charge < -0.3 is 9.84 Å². The Labute approximate surface area is 156 Å². The predicted molar refractivity (Wildman–Crippen MR) is 100 cm³/mol. The van der Waals surface area contributed by atoms with E-state index in [1.807, 2.05) is 36.5 Å². The molecule has 1 aromatic carbocycles. The minimum atomic E-state index is -0.243. The lowest BCUT2D eigenvalue weighted by atomic mass is 9.98. The van der Waals surface area contributed by atoms with Gasteiger partial charge in [-0.25, -0.2) is 9.67 Å². The molecule has 0 amide bonds. The SMILES string of the molecule is CCOC(=O)CC(Cc1cc(O)n(C)n1)c1cnc(-c2ccccc2)s1. The van der Waals surface area contributed by atoms with Crippen LogP contribution in [0.25, 0.3) is 10.6 Å². The molecular formula is C19H21N3O3S. The van der Waals surface area contributed by atoms with Crippen LogP contribution in [0.1, 0.15) is 29.8 Å². The highest BCUT2D eigenvalue weighted by Crippen LogP contribution is 2.33. The van der Waals surface area contributed by atoms with Crippen LogP contribution in [0.4, 0.5) is 0 Å². The summed E-state index contributed by atoms with van der Waals surface area (Å²) in [6.07, 6.45) is 2.60. The number of thiazole rings is 1. The van der Waals surface area contributed by atoms with Crippen molar-refractivity contribution < 1.29 is 14.6 Å². The van der Waals surface area contributed by atoms with Crippen LogP contribution in [0.5, 0.6) is 5.88 Å². The van der Waals surface area contributed by atoms with E-state index in [4.69, 9.17) is 4.74 Å². The Bertz CT molecular complexity index is 854. The van der Waals surface area contributed by atoms with Crippen LogP contribution < -0.4 is 0 Å². The summed E-state index contributed by atoms with van der Waals surface area (Å²) < 4.78 is 6.54. The van der Waals surface area contributed by atoms with Gasteiger partial charge in [-0.2, -0.15) is 5.10 Å². The fraction of sp³-hybridized carbons (Fsp3) is 0.316. The van der Waals surface area contributed by atoms with Crippen LogP contribution >= 0.6 is 11.3 Å². The van der Waals surface area contributed by atoms with Crippen molar-refractivity contribution in [2.24, 2.45) is 7.05 Å². The van der Waals surface area contributed by atoms with E-state index in [1.165, 1.54) is 4.68 Å². The van der Waals surface area contributed by atoms with Gasteiger partial charge in [0.05, 0.1) is 18.7 Å². The molecule has 6 nitrogen and oxygen atoms in total. The molecule has 0 radical (unpaired) electrons. The van der Waals surface area contributed by atoms with Crippen LogP contribution in [-0.4, -0.2) is 32.4 Å². The molecule has 2 aromatic heterocycles. The Kier molecular flexibility index (Phi) is 5.68. The smallest absolute Gasteiger partial charge is 0.306 e. The highest BCUT2D eigenvalue weighted by molar-refractivity contribution is 7.15. The Morgan fingerprint density at radius 1 is 1.35 bits per heavy atom. The lowest BCUT2D eigenvalue weighted by Gasteiger charge is -2.12. The third-order valence-corrected chi connectivity index (χ3v) is 5.24. The monoisotopic (exact) mass is 371 g/mol. The summed E-state index contributed by atoms with van der Waals surface area (Å²) in [5.74, 6) is -0.241. The number of ether oxygens (including phenoxy) is 1. The second kappa shape index (κ2) is 8.14. The standard InChI is InChI=1S/C19H21N3O3S/c1-3-25-18(24)10-14(9-15-11-17(23)22(2)21-15)16-12-20-19(26-16)13-7-5-4-6-8-13/h4-8,11-12,14,23H,3,9-10H2,1-2H3. The van der Waals surface area contributed by atoms with Crippen molar-refractivity contribution in [1.82, 2.24) is 14.8 Å². The molecule has 1 unspecified atom stereocenters. The molecule has 0 saturated heterocycles. The van der Waals surface area contributed by atoms with E-state index in [-0.39, 0.29) is 24.2 Å². The molecule has 0 fully saturated rings. The van der Waals surface area contributed by atoms with Gasteiger partial charge in [0.25, 0.3) is 0 Å². The quantitative estimate of drug-likeness (QED) is 0.643. The molecule has 0 bridgehead atoms. The maximum atomic E-state index is 12.1. The molecule has 0 aliphatic rings. The molecule has 2 heterocycles. The Balaban J connectivity index is 1.85. The molecule has 0 saturated carbocycles. The average molecular weight is 371 g/mol. The normalized spacial score (nSPS) is 12.1. The van der Waals surface area contributed by atoms with Crippen LogP contribution in [0.3, 0.4) is 0 Å². The van der Waals surface area contributed by atoms with Crippen molar-refractivity contribution >= 4 is 17.3 Å². The average Bonchev–Trinajstić information content (AvgIpc) is 3.23. The molecule has 1 N–H and O–H groups in total. The van der Waals surface area contributed by atoms with Gasteiger partial charge in [-0.3, -0.25) is 4.79 Å². The number of benzene rings is 1. The minimum Gasteiger partial charge on any atom is -0.493 e. The maximum Gasteiger partial charge on any atom is 0.306 e. The molecule has 136 valence electrons. The van der Waals surface area contributed by atoms with Gasteiger partial charge in [0.1, 0.15) is 5.01 Å². The first-order valence-electron chi connectivity index (χ1n) is 8.45. The summed E-state index contributed by atoms with van der Waals surface area (Å²) in [6, 6.07) is 11.6. The number of nitrogens with zero attached hydrogens (tertiary/aromatic N) is 3. The first-order chi connectivity index (χ1) is 12.6. The van der Waals surface area contributed by atoms with Gasteiger partial charge in [-0.15, -0.1) is 11.3 Å². The second-order valence-electron chi connectivity index (χ2n) is 5.96. The predicted octanol–water partition coefficient (Wildman–Crippen LogP) is 3.53. The minimum absolute atomic E-state index is 0.0988. The zero-order valence-corrected chi connectivity index (χ0v) is 15.6.